The molecule has 0 saturated carbocycles. The molecule has 0 saturated heterocycles. The van der Waals surface area contributed by atoms with Crippen LogP contribution in [0.25, 0.3) is 0 Å². The molecule has 106 valence electrons. The van der Waals surface area contributed by atoms with Crippen molar-refractivity contribution in [3.05, 3.63) is 0 Å². The van der Waals surface area contributed by atoms with Crippen LogP contribution in [0.1, 0.15) is 27.7 Å². The Labute approximate surface area is 114 Å². The van der Waals surface area contributed by atoms with Crippen molar-refractivity contribution in [3.8, 4) is 0 Å². The first-order valence-corrected chi connectivity index (χ1v) is 6.81. The molecule has 2 N–H and O–H groups in total. The molecule has 18 heavy (non-hydrogen) atoms. The van der Waals surface area contributed by atoms with Crippen LogP contribution in [0, 0.1) is 5.92 Å². The van der Waals surface area contributed by atoms with Gasteiger partial charge in [-0.3, -0.25) is 9.59 Å². The van der Waals surface area contributed by atoms with Crippen molar-refractivity contribution >= 4 is 24.4 Å². The highest BCUT2D eigenvalue weighted by Gasteiger charge is 2.22. The molecule has 0 radical (unpaired) electrons. The van der Waals surface area contributed by atoms with E-state index in [0.717, 1.165) is 0 Å². The van der Waals surface area contributed by atoms with Gasteiger partial charge in [-0.25, -0.2) is 0 Å². The Morgan fingerprint density at radius 3 is 2.28 bits per heavy atom. The molecule has 0 aliphatic carbocycles. The molecule has 0 aliphatic heterocycles. The molecule has 2 unspecified atom stereocenters. The average molecular weight is 276 g/mol. The molecule has 5 nitrogen and oxygen atoms in total. The van der Waals surface area contributed by atoms with E-state index >= 15 is 0 Å². The molecule has 0 aromatic carbocycles. The van der Waals surface area contributed by atoms with E-state index in [2.05, 4.69) is 23.3 Å². The van der Waals surface area contributed by atoms with Gasteiger partial charge in [0.2, 0.25) is 11.8 Å². The van der Waals surface area contributed by atoms with Gasteiger partial charge in [0.1, 0.15) is 6.04 Å². The lowest BCUT2D eigenvalue weighted by Gasteiger charge is -2.24. The molecule has 0 aromatic heterocycles. The van der Waals surface area contributed by atoms with Crippen molar-refractivity contribution in [1.82, 2.24) is 10.6 Å². The topological polar surface area (TPSA) is 67.4 Å². The largest absolute Gasteiger partial charge is 0.380 e. The van der Waals surface area contributed by atoms with Gasteiger partial charge in [0.05, 0.1) is 12.6 Å². The summed E-state index contributed by atoms with van der Waals surface area (Å²) in [6, 6.07) is -0.665. The third-order valence-corrected chi connectivity index (χ3v) is 2.88. The normalized spacial score (nSPS) is 14.1. The standard InChI is InChI=1S/C12H24N2O3S/c1-5-17-6-10(8(2)3)14-12(16)11(7-18)13-9(4)15/h8,10-11,18H,5-7H2,1-4H3,(H,13,15)(H,14,16). The van der Waals surface area contributed by atoms with Crippen molar-refractivity contribution in [2.75, 3.05) is 19.0 Å². The number of carbonyl (C=O) groups excluding carboxylic acids is 2. The van der Waals surface area contributed by atoms with Gasteiger partial charge >= 0.3 is 0 Å². The minimum absolute atomic E-state index is 0.0615. The summed E-state index contributed by atoms with van der Waals surface area (Å²) in [5.74, 6) is 0.0670. The van der Waals surface area contributed by atoms with E-state index in [0.29, 0.717) is 13.2 Å². The maximum atomic E-state index is 12.0. The Balaban J connectivity index is 4.41. The van der Waals surface area contributed by atoms with Crippen LogP contribution < -0.4 is 10.6 Å². The second-order valence-corrected chi connectivity index (χ2v) is 4.82. The summed E-state index contributed by atoms with van der Waals surface area (Å²) in [7, 11) is 0. The lowest BCUT2D eigenvalue weighted by molar-refractivity contribution is -0.128. The van der Waals surface area contributed by atoms with Crippen molar-refractivity contribution in [2.24, 2.45) is 5.92 Å². The van der Waals surface area contributed by atoms with Crippen LogP contribution in [0.15, 0.2) is 0 Å². The first-order valence-electron chi connectivity index (χ1n) is 6.18. The average Bonchev–Trinajstić information content (AvgIpc) is 2.30. The predicted octanol–water partition coefficient (Wildman–Crippen LogP) is 0.598. The fourth-order valence-corrected chi connectivity index (χ4v) is 1.63. The molecule has 0 aromatic rings. The molecule has 0 heterocycles. The first-order chi connectivity index (χ1) is 8.42. The van der Waals surface area contributed by atoms with Gasteiger partial charge in [0.25, 0.3) is 0 Å². The van der Waals surface area contributed by atoms with Crippen LogP contribution >= 0.6 is 12.6 Å². The number of rotatable bonds is 8. The SMILES string of the molecule is CCOCC(NC(=O)C(CS)NC(C)=O)C(C)C. The second-order valence-electron chi connectivity index (χ2n) is 4.45. The number of ether oxygens (including phenoxy) is 1. The van der Waals surface area contributed by atoms with Gasteiger partial charge < -0.3 is 15.4 Å². The Hall–Kier alpha value is -0.750. The molecule has 6 heteroatoms. The van der Waals surface area contributed by atoms with Crippen molar-refractivity contribution < 1.29 is 14.3 Å². The van der Waals surface area contributed by atoms with Gasteiger partial charge in [-0.15, -0.1) is 0 Å². The number of hydrogen-bond donors (Lipinski definition) is 3. The smallest absolute Gasteiger partial charge is 0.243 e. The van der Waals surface area contributed by atoms with Crippen LogP contribution in [0.3, 0.4) is 0 Å². The van der Waals surface area contributed by atoms with Crippen LogP contribution in [-0.2, 0) is 14.3 Å². The molecular weight excluding hydrogens is 252 g/mol. The summed E-state index contributed by atoms with van der Waals surface area (Å²) in [5.41, 5.74) is 0. The van der Waals surface area contributed by atoms with Crippen molar-refractivity contribution in [3.63, 3.8) is 0 Å². The Bertz CT molecular complexity index is 272. The van der Waals surface area contributed by atoms with E-state index in [1.54, 1.807) is 0 Å². The summed E-state index contributed by atoms with van der Waals surface area (Å²) in [4.78, 5) is 22.9. The van der Waals surface area contributed by atoms with E-state index in [1.807, 2.05) is 20.8 Å². The van der Waals surface area contributed by atoms with E-state index in [9.17, 15) is 9.59 Å². The molecule has 0 spiro atoms. The van der Waals surface area contributed by atoms with Crippen LogP contribution in [0.4, 0.5) is 0 Å². The lowest BCUT2D eigenvalue weighted by Crippen LogP contribution is -2.52. The number of nitrogens with one attached hydrogen (secondary N) is 2. The molecular formula is C12H24N2O3S. The minimum Gasteiger partial charge on any atom is -0.380 e. The third-order valence-electron chi connectivity index (χ3n) is 2.51. The van der Waals surface area contributed by atoms with Crippen LogP contribution in [0.2, 0.25) is 0 Å². The number of hydrogen-bond acceptors (Lipinski definition) is 4. The van der Waals surface area contributed by atoms with Crippen LogP contribution in [0.5, 0.6) is 0 Å². The lowest BCUT2D eigenvalue weighted by atomic mass is 10.0. The quantitative estimate of drug-likeness (QED) is 0.569. The highest BCUT2D eigenvalue weighted by molar-refractivity contribution is 7.80. The Morgan fingerprint density at radius 2 is 1.89 bits per heavy atom. The van der Waals surface area contributed by atoms with E-state index in [1.165, 1.54) is 6.92 Å². The van der Waals surface area contributed by atoms with E-state index in [-0.39, 0.29) is 29.5 Å². The summed E-state index contributed by atoms with van der Waals surface area (Å²) < 4.78 is 5.33. The Morgan fingerprint density at radius 1 is 1.28 bits per heavy atom. The summed E-state index contributed by atoms with van der Waals surface area (Å²) in [5, 5.41) is 5.44. The summed E-state index contributed by atoms with van der Waals surface area (Å²) in [6.07, 6.45) is 0. The van der Waals surface area contributed by atoms with Gasteiger partial charge in [0, 0.05) is 19.3 Å². The molecule has 0 fully saturated rings. The van der Waals surface area contributed by atoms with Gasteiger partial charge in [-0.2, -0.15) is 12.6 Å². The van der Waals surface area contributed by atoms with Gasteiger partial charge in [-0.1, -0.05) is 13.8 Å². The molecule has 0 aliphatic rings. The van der Waals surface area contributed by atoms with Gasteiger partial charge in [-0.05, 0) is 12.8 Å². The monoisotopic (exact) mass is 276 g/mol. The molecule has 0 bridgehead atoms. The number of amides is 2. The maximum absolute atomic E-state index is 12.0. The fraction of sp³-hybridized carbons (Fsp3) is 0.833. The fourth-order valence-electron chi connectivity index (χ4n) is 1.37. The summed E-state index contributed by atoms with van der Waals surface area (Å²) in [6.45, 7) is 8.40. The maximum Gasteiger partial charge on any atom is 0.243 e. The predicted molar refractivity (Wildman–Crippen MR) is 74.7 cm³/mol. The van der Waals surface area contributed by atoms with E-state index < -0.39 is 6.04 Å². The third kappa shape index (κ3) is 6.86. The molecule has 2 amide bonds. The highest BCUT2D eigenvalue weighted by Crippen LogP contribution is 2.03. The van der Waals surface area contributed by atoms with Gasteiger partial charge in [0.15, 0.2) is 0 Å². The number of carbonyl (C=O) groups is 2. The molecule has 2 atom stereocenters. The number of thiol groups is 1. The Kier molecular flexibility index (Phi) is 8.83. The van der Waals surface area contributed by atoms with Crippen molar-refractivity contribution in [2.45, 2.75) is 39.8 Å². The first kappa shape index (κ1) is 17.2. The highest BCUT2D eigenvalue weighted by atomic mass is 32.1. The second kappa shape index (κ2) is 9.22. The van der Waals surface area contributed by atoms with Crippen LogP contribution in [-0.4, -0.2) is 42.9 Å². The summed E-state index contributed by atoms with van der Waals surface area (Å²) >= 11 is 4.07. The zero-order chi connectivity index (χ0) is 14.1. The van der Waals surface area contributed by atoms with Crippen molar-refractivity contribution in [1.29, 1.82) is 0 Å². The zero-order valence-electron chi connectivity index (χ0n) is 11.5. The minimum atomic E-state index is -0.603. The molecule has 0 rings (SSSR count). The van der Waals surface area contributed by atoms with E-state index in [4.69, 9.17) is 4.74 Å². The zero-order valence-corrected chi connectivity index (χ0v) is 12.4.